The molecule has 0 unspecified atom stereocenters. The first-order valence-corrected chi connectivity index (χ1v) is 8.07. The molecule has 1 aromatic carbocycles. The Hall–Kier alpha value is -3.22. The van der Waals surface area contributed by atoms with Gasteiger partial charge in [-0.3, -0.25) is 14.7 Å². The Balaban J connectivity index is 2.14. The number of anilines is 1. The first-order valence-electron chi connectivity index (χ1n) is 8.07. The molecule has 0 spiro atoms. The Morgan fingerprint density at radius 3 is 2.72 bits per heavy atom. The first-order chi connectivity index (χ1) is 12.1. The van der Waals surface area contributed by atoms with Gasteiger partial charge in [0.15, 0.2) is 0 Å². The number of benzene rings is 1. The number of carboxylic acid groups (broad SMARTS) is 1. The van der Waals surface area contributed by atoms with Crippen LogP contribution in [0.1, 0.15) is 25.6 Å². The highest BCUT2D eigenvalue weighted by atomic mass is 16.4. The number of aryl methyl sites for hydroxylation is 1. The number of hydrogen-bond acceptors (Lipinski definition) is 4. The highest BCUT2D eigenvalue weighted by Crippen LogP contribution is 2.15. The second kappa shape index (κ2) is 7.12. The van der Waals surface area contributed by atoms with E-state index in [1.54, 1.807) is 22.8 Å². The van der Waals surface area contributed by atoms with Crippen molar-refractivity contribution in [2.45, 2.75) is 26.2 Å². The maximum absolute atomic E-state index is 13.0. The van der Waals surface area contributed by atoms with E-state index in [4.69, 9.17) is 5.11 Å². The van der Waals surface area contributed by atoms with Crippen molar-refractivity contribution in [3.8, 4) is 5.69 Å². The van der Waals surface area contributed by atoms with Crippen molar-refractivity contribution >= 4 is 22.8 Å². The minimum Gasteiger partial charge on any atom is -0.465 e. The monoisotopic (exact) mass is 338 g/mol. The number of rotatable bonds is 5. The minimum absolute atomic E-state index is 0.155. The van der Waals surface area contributed by atoms with Gasteiger partial charge in [0.1, 0.15) is 11.6 Å². The summed E-state index contributed by atoms with van der Waals surface area (Å²) in [7, 11) is 0. The van der Waals surface area contributed by atoms with Crippen LogP contribution in [0.3, 0.4) is 0 Å². The molecule has 2 aromatic heterocycles. The van der Waals surface area contributed by atoms with Gasteiger partial charge >= 0.3 is 6.09 Å². The highest BCUT2D eigenvalue weighted by molar-refractivity contribution is 5.81. The molecule has 0 aliphatic rings. The van der Waals surface area contributed by atoms with Crippen LogP contribution in [0.25, 0.3) is 16.6 Å². The standard InChI is InChI=1S/C18H18N4O3/c1-2-3-8-16-20-14-7-5-4-6-13(14)17(23)22(16)12-9-10-15(19-11-12)21-18(24)25/h4-7,9-11H,2-3,8H2,1H3,(H,19,21)(H,24,25). The molecule has 0 bridgehead atoms. The van der Waals surface area contributed by atoms with Crippen LogP contribution in [0.4, 0.5) is 10.6 Å². The molecule has 3 rings (SSSR count). The summed E-state index contributed by atoms with van der Waals surface area (Å²) in [5.41, 5.74) is 1.08. The molecular formula is C18H18N4O3. The van der Waals surface area contributed by atoms with Gasteiger partial charge < -0.3 is 5.11 Å². The molecule has 2 heterocycles. The highest BCUT2D eigenvalue weighted by Gasteiger charge is 2.13. The number of hydrogen-bond donors (Lipinski definition) is 2. The number of para-hydroxylation sites is 1. The van der Waals surface area contributed by atoms with Crippen molar-refractivity contribution in [3.05, 3.63) is 58.8 Å². The summed E-state index contributed by atoms with van der Waals surface area (Å²) in [5, 5.41) is 11.5. The van der Waals surface area contributed by atoms with E-state index >= 15 is 0 Å². The molecule has 128 valence electrons. The van der Waals surface area contributed by atoms with Gasteiger partial charge in [0, 0.05) is 6.42 Å². The van der Waals surface area contributed by atoms with Crippen LogP contribution in [-0.4, -0.2) is 25.7 Å². The molecule has 0 saturated carbocycles. The van der Waals surface area contributed by atoms with Crippen molar-refractivity contribution in [2.24, 2.45) is 0 Å². The molecule has 1 amide bonds. The number of unbranched alkanes of at least 4 members (excludes halogenated alkanes) is 1. The van der Waals surface area contributed by atoms with Gasteiger partial charge in [-0.2, -0.15) is 0 Å². The van der Waals surface area contributed by atoms with Gasteiger partial charge in [0.05, 0.1) is 22.8 Å². The Labute approximate surface area is 144 Å². The van der Waals surface area contributed by atoms with E-state index in [0.29, 0.717) is 28.8 Å². The van der Waals surface area contributed by atoms with Gasteiger partial charge in [-0.15, -0.1) is 0 Å². The molecule has 25 heavy (non-hydrogen) atoms. The number of pyridine rings is 1. The quantitative estimate of drug-likeness (QED) is 0.744. The largest absolute Gasteiger partial charge is 0.465 e. The van der Waals surface area contributed by atoms with E-state index in [2.05, 4.69) is 22.2 Å². The summed E-state index contributed by atoms with van der Waals surface area (Å²) in [4.78, 5) is 32.3. The maximum atomic E-state index is 13.0. The van der Waals surface area contributed by atoms with E-state index in [-0.39, 0.29) is 11.4 Å². The SMILES string of the molecule is CCCCc1nc2ccccc2c(=O)n1-c1ccc(NC(=O)O)nc1. The fourth-order valence-electron chi connectivity index (χ4n) is 2.65. The normalized spacial score (nSPS) is 10.8. The van der Waals surface area contributed by atoms with Crippen molar-refractivity contribution in [1.29, 1.82) is 0 Å². The summed E-state index contributed by atoms with van der Waals surface area (Å²) in [6, 6.07) is 10.4. The zero-order valence-corrected chi connectivity index (χ0v) is 13.8. The third kappa shape index (κ3) is 3.50. The second-order valence-electron chi connectivity index (χ2n) is 5.62. The lowest BCUT2D eigenvalue weighted by molar-refractivity contribution is 0.209. The lowest BCUT2D eigenvalue weighted by Gasteiger charge is -2.13. The number of fused-ring (bicyclic) bond motifs is 1. The summed E-state index contributed by atoms with van der Waals surface area (Å²) in [5.74, 6) is 0.874. The Bertz CT molecular complexity index is 964. The molecule has 7 nitrogen and oxygen atoms in total. The maximum Gasteiger partial charge on any atom is 0.410 e. The number of nitrogens with zero attached hydrogens (tertiary/aromatic N) is 3. The Morgan fingerprint density at radius 2 is 2.04 bits per heavy atom. The summed E-state index contributed by atoms with van der Waals surface area (Å²) in [6.07, 6.45) is 2.86. The number of nitrogens with one attached hydrogen (secondary N) is 1. The predicted molar refractivity (Wildman–Crippen MR) is 95.4 cm³/mol. The molecule has 0 aliphatic carbocycles. The molecule has 3 aromatic rings. The zero-order valence-electron chi connectivity index (χ0n) is 13.8. The molecule has 0 atom stereocenters. The van der Waals surface area contributed by atoms with Gasteiger partial charge in [0.2, 0.25) is 0 Å². The van der Waals surface area contributed by atoms with Gasteiger partial charge in [0.25, 0.3) is 5.56 Å². The summed E-state index contributed by atoms with van der Waals surface area (Å²) < 4.78 is 1.55. The fourth-order valence-corrected chi connectivity index (χ4v) is 2.65. The molecule has 0 aliphatic heterocycles. The van der Waals surface area contributed by atoms with E-state index in [0.717, 1.165) is 12.8 Å². The van der Waals surface area contributed by atoms with E-state index in [9.17, 15) is 9.59 Å². The van der Waals surface area contributed by atoms with E-state index < -0.39 is 6.09 Å². The lowest BCUT2D eigenvalue weighted by Crippen LogP contribution is -2.24. The summed E-state index contributed by atoms with van der Waals surface area (Å²) >= 11 is 0. The van der Waals surface area contributed by atoms with Crippen molar-refractivity contribution in [3.63, 3.8) is 0 Å². The van der Waals surface area contributed by atoms with Crippen molar-refractivity contribution in [2.75, 3.05) is 5.32 Å². The lowest BCUT2D eigenvalue weighted by atomic mass is 10.2. The van der Waals surface area contributed by atoms with Crippen molar-refractivity contribution < 1.29 is 9.90 Å². The predicted octanol–water partition coefficient (Wildman–Crippen LogP) is 3.21. The molecule has 0 radical (unpaired) electrons. The van der Waals surface area contributed by atoms with E-state index in [1.807, 2.05) is 12.1 Å². The van der Waals surface area contributed by atoms with Crippen molar-refractivity contribution in [1.82, 2.24) is 14.5 Å². The second-order valence-corrected chi connectivity index (χ2v) is 5.62. The average molecular weight is 338 g/mol. The van der Waals surface area contributed by atoms with Gasteiger partial charge in [-0.05, 0) is 30.7 Å². The smallest absolute Gasteiger partial charge is 0.410 e. The third-order valence-corrected chi connectivity index (χ3v) is 3.84. The number of aromatic nitrogens is 3. The molecule has 7 heteroatoms. The van der Waals surface area contributed by atoms with Crippen LogP contribution in [-0.2, 0) is 6.42 Å². The van der Waals surface area contributed by atoms with Crippen LogP contribution in [0, 0.1) is 0 Å². The van der Waals surface area contributed by atoms with E-state index in [1.165, 1.54) is 12.3 Å². The Kier molecular flexibility index (Phi) is 4.74. The molecule has 2 N–H and O–H groups in total. The zero-order chi connectivity index (χ0) is 17.8. The molecule has 0 fully saturated rings. The summed E-state index contributed by atoms with van der Waals surface area (Å²) in [6.45, 7) is 2.08. The van der Waals surface area contributed by atoms with Crippen LogP contribution >= 0.6 is 0 Å². The van der Waals surface area contributed by atoms with Crippen LogP contribution in [0.15, 0.2) is 47.4 Å². The molecule has 0 saturated heterocycles. The molecular weight excluding hydrogens is 320 g/mol. The Morgan fingerprint density at radius 1 is 1.24 bits per heavy atom. The van der Waals surface area contributed by atoms with Crippen LogP contribution in [0.5, 0.6) is 0 Å². The first kappa shape index (κ1) is 16.6. The van der Waals surface area contributed by atoms with Crippen LogP contribution in [0.2, 0.25) is 0 Å². The van der Waals surface area contributed by atoms with Crippen LogP contribution < -0.4 is 10.9 Å². The average Bonchev–Trinajstić information content (AvgIpc) is 2.60. The van der Waals surface area contributed by atoms with Gasteiger partial charge in [-0.25, -0.2) is 14.8 Å². The van der Waals surface area contributed by atoms with Gasteiger partial charge in [-0.1, -0.05) is 25.5 Å². The fraction of sp³-hybridized carbons (Fsp3) is 0.222. The third-order valence-electron chi connectivity index (χ3n) is 3.84. The number of carbonyl (C=O) groups is 1. The topological polar surface area (TPSA) is 97.1 Å². The number of amides is 1. The minimum atomic E-state index is -1.19.